The highest BCUT2D eigenvalue weighted by Crippen LogP contribution is 2.29. The fourth-order valence-corrected chi connectivity index (χ4v) is 5.10. The quantitative estimate of drug-likeness (QED) is 0.856. The Morgan fingerprint density at radius 1 is 1.29 bits per heavy atom. The second kappa shape index (κ2) is 6.60. The van der Waals surface area contributed by atoms with Crippen LogP contribution in [0, 0.1) is 6.92 Å². The van der Waals surface area contributed by atoms with E-state index in [-0.39, 0.29) is 6.54 Å². The average Bonchev–Trinajstić information content (AvgIpc) is 2.83. The molecule has 0 spiro atoms. The van der Waals surface area contributed by atoms with E-state index in [0.29, 0.717) is 15.5 Å². The van der Waals surface area contributed by atoms with Crippen molar-refractivity contribution in [2.45, 2.75) is 38.1 Å². The standard InChI is InChI=1S/C15H20N2O2S2/c1-3-6-12-7-4-5-8-13(12)17-21(18,19)15-11(2)10-20-14(15)9-16/h4-5,7-8,10,17H,3,6,9,16H2,1-2H3. The molecule has 6 heteroatoms. The van der Waals surface area contributed by atoms with Crippen LogP contribution in [0.5, 0.6) is 0 Å². The van der Waals surface area contributed by atoms with Crippen molar-refractivity contribution < 1.29 is 8.42 Å². The Bertz CT molecular complexity index is 721. The monoisotopic (exact) mass is 324 g/mol. The summed E-state index contributed by atoms with van der Waals surface area (Å²) in [6, 6.07) is 7.50. The van der Waals surface area contributed by atoms with Gasteiger partial charge in [0, 0.05) is 11.4 Å². The summed E-state index contributed by atoms with van der Waals surface area (Å²) in [5.74, 6) is 0. The van der Waals surface area contributed by atoms with Crippen molar-refractivity contribution in [3.8, 4) is 0 Å². The lowest BCUT2D eigenvalue weighted by molar-refractivity contribution is 0.600. The number of sulfonamides is 1. The van der Waals surface area contributed by atoms with Gasteiger partial charge >= 0.3 is 0 Å². The van der Waals surface area contributed by atoms with Crippen LogP contribution in [0.25, 0.3) is 0 Å². The van der Waals surface area contributed by atoms with Gasteiger partial charge in [0.05, 0.1) is 5.69 Å². The number of thiophene rings is 1. The van der Waals surface area contributed by atoms with E-state index < -0.39 is 10.0 Å². The van der Waals surface area contributed by atoms with E-state index in [2.05, 4.69) is 11.6 Å². The summed E-state index contributed by atoms with van der Waals surface area (Å²) in [5, 5.41) is 1.83. The number of hydrogen-bond acceptors (Lipinski definition) is 4. The Labute approximate surface area is 130 Å². The van der Waals surface area contributed by atoms with E-state index in [0.717, 1.165) is 24.0 Å². The lowest BCUT2D eigenvalue weighted by Gasteiger charge is -2.13. The summed E-state index contributed by atoms with van der Waals surface area (Å²) in [7, 11) is -3.60. The van der Waals surface area contributed by atoms with Gasteiger partial charge < -0.3 is 5.73 Å². The summed E-state index contributed by atoms with van der Waals surface area (Å²) < 4.78 is 28.0. The van der Waals surface area contributed by atoms with Crippen molar-refractivity contribution in [2.24, 2.45) is 5.73 Å². The minimum Gasteiger partial charge on any atom is -0.326 e. The molecule has 0 radical (unpaired) electrons. The van der Waals surface area contributed by atoms with Crippen molar-refractivity contribution in [3.63, 3.8) is 0 Å². The van der Waals surface area contributed by atoms with Crippen LogP contribution in [0.15, 0.2) is 34.5 Å². The van der Waals surface area contributed by atoms with Crippen LogP contribution in [-0.2, 0) is 23.0 Å². The van der Waals surface area contributed by atoms with Crippen molar-refractivity contribution in [1.29, 1.82) is 0 Å². The van der Waals surface area contributed by atoms with Crippen LogP contribution in [0.3, 0.4) is 0 Å². The van der Waals surface area contributed by atoms with Crippen LogP contribution in [0.1, 0.15) is 29.3 Å². The Kier molecular flexibility index (Phi) is 5.03. The van der Waals surface area contributed by atoms with Gasteiger partial charge in [-0.25, -0.2) is 8.42 Å². The van der Waals surface area contributed by atoms with Gasteiger partial charge in [0.25, 0.3) is 10.0 Å². The van der Waals surface area contributed by atoms with Gasteiger partial charge in [-0.2, -0.15) is 0 Å². The Morgan fingerprint density at radius 2 is 2.00 bits per heavy atom. The maximum Gasteiger partial charge on any atom is 0.263 e. The maximum atomic E-state index is 12.7. The number of nitrogens with two attached hydrogens (primary N) is 1. The average molecular weight is 324 g/mol. The molecule has 2 rings (SSSR count). The largest absolute Gasteiger partial charge is 0.326 e. The third kappa shape index (κ3) is 3.45. The van der Waals surface area contributed by atoms with Crippen molar-refractivity contribution in [1.82, 2.24) is 0 Å². The fourth-order valence-electron chi connectivity index (χ4n) is 2.29. The maximum absolute atomic E-state index is 12.7. The zero-order valence-electron chi connectivity index (χ0n) is 12.2. The van der Waals surface area contributed by atoms with Crippen LogP contribution in [-0.4, -0.2) is 8.42 Å². The minimum atomic E-state index is -3.60. The smallest absolute Gasteiger partial charge is 0.263 e. The first kappa shape index (κ1) is 16.0. The molecule has 0 bridgehead atoms. The molecular formula is C15H20N2O2S2. The molecule has 114 valence electrons. The van der Waals surface area contributed by atoms with Crippen LogP contribution in [0.4, 0.5) is 5.69 Å². The molecule has 21 heavy (non-hydrogen) atoms. The number of rotatable bonds is 6. The van der Waals surface area contributed by atoms with Crippen LogP contribution in [0.2, 0.25) is 0 Å². The van der Waals surface area contributed by atoms with Crippen molar-refractivity contribution >= 4 is 27.0 Å². The first-order valence-corrected chi connectivity index (χ1v) is 9.23. The van der Waals surface area contributed by atoms with E-state index in [1.807, 2.05) is 23.6 Å². The number of aryl methyl sites for hydroxylation is 2. The van der Waals surface area contributed by atoms with E-state index in [9.17, 15) is 8.42 Å². The number of anilines is 1. The number of hydrogen-bond donors (Lipinski definition) is 2. The van der Waals surface area contributed by atoms with Gasteiger partial charge in [0.15, 0.2) is 0 Å². The predicted molar refractivity (Wildman–Crippen MR) is 88.2 cm³/mol. The van der Waals surface area contributed by atoms with E-state index >= 15 is 0 Å². The summed E-state index contributed by atoms with van der Waals surface area (Å²) >= 11 is 1.38. The Balaban J connectivity index is 2.40. The molecule has 0 saturated carbocycles. The molecule has 0 fully saturated rings. The molecule has 1 heterocycles. The second-order valence-corrected chi connectivity index (χ2v) is 7.47. The van der Waals surface area contributed by atoms with Crippen molar-refractivity contribution in [2.75, 3.05) is 4.72 Å². The van der Waals surface area contributed by atoms with Gasteiger partial charge in [-0.3, -0.25) is 4.72 Å². The molecule has 0 aliphatic heterocycles. The fraction of sp³-hybridized carbons (Fsp3) is 0.333. The molecule has 1 aromatic carbocycles. The highest BCUT2D eigenvalue weighted by Gasteiger charge is 2.23. The van der Waals surface area contributed by atoms with Crippen LogP contribution >= 0.6 is 11.3 Å². The summed E-state index contributed by atoms with van der Waals surface area (Å²) in [6.07, 6.45) is 1.80. The zero-order valence-corrected chi connectivity index (χ0v) is 13.9. The molecule has 0 atom stereocenters. The Morgan fingerprint density at radius 3 is 2.67 bits per heavy atom. The van der Waals surface area contributed by atoms with E-state index in [4.69, 9.17) is 5.73 Å². The third-order valence-corrected chi connectivity index (χ3v) is 6.07. The zero-order chi connectivity index (χ0) is 15.5. The molecule has 0 amide bonds. The molecule has 0 saturated heterocycles. The second-order valence-electron chi connectivity index (χ2n) is 4.89. The molecule has 1 aromatic heterocycles. The first-order valence-electron chi connectivity index (χ1n) is 6.87. The lowest BCUT2D eigenvalue weighted by atomic mass is 10.1. The molecule has 3 N–H and O–H groups in total. The molecular weight excluding hydrogens is 304 g/mol. The molecule has 0 unspecified atom stereocenters. The van der Waals surface area contributed by atoms with Gasteiger partial charge in [-0.05, 0) is 35.9 Å². The summed E-state index contributed by atoms with van der Waals surface area (Å²) in [4.78, 5) is 1.01. The molecule has 4 nitrogen and oxygen atoms in total. The predicted octanol–water partition coefficient (Wildman–Crippen LogP) is 3.27. The van der Waals surface area contributed by atoms with Gasteiger partial charge in [0.2, 0.25) is 0 Å². The normalized spacial score (nSPS) is 11.6. The summed E-state index contributed by atoms with van der Waals surface area (Å²) in [5.41, 5.74) is 8.04. The lowest BCUT2D eigenvalue weighted by Crippen LogP contribution is -2.16. The van der Waals surface area contributed by atoms with Gasteiger partial charge in [0.1, 0.15) is 4.90 Å². The topological polar surface area (TPSA) is 72.2 Å². The summed E-state index contributed by atoms with van der Waals surface area (Å²) in [6.45, 7) is 4.09. The first-order chi connectivity index (χ1) is 9.99. The van der Waals surface area contributed by atoms with Crippen molar-refractivity contribution in [3.05, 3.63) is 45.6 Å². The van der Waals surface area contributed by atoms with Gasteiger partial charge in [-0.1, -0.05) is 31.5 Å². The molecule has 0 aliphatic carbocycles. The number of nitrogens with one attached hydrogen (secondary N) is 1. The number of benzene rings is 1. The highest BCUT2D eigenvalue weighted by molar-refractivity contribution is 7.93. The van der Waals surface area contributed by atoms with E-state index in [1.165, 1.54) is 11.3 Å². The third-order valence-electron chi connectivity index (χ3n) is 3.22. The molecule has 0 aliphatic rings. The highest BCUT2D eigenvalue weighted by atomic mass is 32.2. The van der Waals surface area contributed by atoms with Crippen LogP contribution < -0.4 is 10.5 Å². The van der Waals surface area contributed by atoms with Gasteiger partial charge in [-0.15, -0.1) is 11.3 Å². The number of para-hydroxylation sites is 1. The van der Waals surface area contributed by atoms with E-state index in [1.54, 1.807) is 13.0 Å². The minimum absolute atomic E-state index is 0.228. The molecule has 2 aromatic rings. The SMILES string of the molecule is CCCc1ccccc1NS(=O)(=O)c1c(C)csc1CN. The Hall–Kier alpha value is -1.37.